The van der Waals surface area contributed by atoms with Gasteiger partial charge in [0.15, 0.2) is 0 Å². The molecule has 0 aromatic heterocycles. The fourth-order valence-corrected chi connectivity index (χ4v) is 2.71. The van der Waals surface area contributed by atoms with Crippen LogP contribution in [-0.4, -0.2) is 43.7 Å². The van der Waals surface area contributed by atoms with E-state index in [-0.39, 0.29) is 11.6 Å². The fourth-order valence-electron chi connectivity index (χ4n) is 2.52. The van der Waals surface area contributed by atoms with Gasteiger partial charge in [0.1, 0.15) is 0 Å². The standard InChI is InChI=1S/C17H26ClNO3/c1-17(2,13-5-3-6-14(18)9-13)19-10-15(20)11-21-12-16-7-4-8-22-16/h3,5-6,9,15-16,19-20H,4,7-8,10-12H2,1-2H3. The number of aliphatic hydroxyl groups excluding tert-OH is 1. The Morgan fingerprint density at radius 3 is 3.00 bits per heavy atom. The number of aliphatic hydroxyl groups is 1. The minimum atomic E-state index is -0.542. The molecular weight excluding hydrogens is 302 g/mol. The van der Waals surface area contributed by atoms with Gasteiger partial charge >= 0.3 is 0 Å². The maximum Gasteiger partial charge on any atom is 0.0897 e. The molecule has 0 aliphatic carbocycles. The summed E-state index contributed by atoms with van der Waals surface area (Å²) in [6.45, 7) is 6.31. The first-order valence-electron chi connectivity index (χ1n) is 7.86. The van der Waals surface area contributed by atoms with Crippen LogP contribution < -0.4 is 5.32 Å². The molecule has 2 N–H and O–H groups in total. The molecule has 1 saturated heterocycles. The summed E-state index contributed by atoms with van der Waals surface area (Å²) in [5, 5.41) is 14.1. The molecule has 1 heterocycles. The smallest absolute Gasteiger partial charge is 0.0897 e. The summed E-state index contributed by atoms with van der Waals surface area (Å²) < 4.78 is 11.0. The first-order chi connectivity index (χ1) is 10.5. The molecule has 0 radical (unpaired) electrons. The predicted molar refractivity (Wildman–Crippen MR) is 88.3 cm³/mol. The second kappa shape index (κ2) is 8.27. The van der Waals surface area contributed by atoms with Crippen LogP contribution in [0.2, 0.25) is 5.02 Å². The third kappa shape index (κ3) is 5.52. The van der Waals surface area contributed by atoms with Gasteiger partial charge in [-0.1, -0.05) is 23.7 Å². The average Bonchev–Trinajstić information content (AvgIpc) is 2.99. The lowest BCUT2D eigenvalue weighted by Gasteiger charge is -2.28. The lowest BCUT2D eigenvalue weighted by atomic mass is 9.94. The van der Waals surface area contributed by atoms with Crippen LogP contribution in [0.15, 0.2) is 24.3 Å². The van der Waals surface area contributed by atoms with Gasteiger partial charge in [-0.25, -0.2) is 0 Å². The molecule has 22 heavy (non-hydrogen) atoms. The zero-order chi connectivity index (χ0) is 16.0. The van der Waals surface area contributed by atoms with E-state index >= 15 is 0 Å². The molecule has 2 unspecified atom stereocenters. The van der Waals surface area contributed by atoms with E-state index in [0.29, 0.717) is 24.8 Å². The third-order valence-electron chi connectivity index (χ3n) is 3.96. The van der Waals surface area contributed by atoms with Crippen LogP contribution in [0.1, 0.15) is 32.3 Å². The zero-order valence-electron chi connectivity index (χ0n) is 13.3. The Balaban J connectivity index is 1.71. The van der Waals surface area contributed by atoms with Crippen LogP contribution in [0.4, 0.5) is 0 Å². The van der Waals surface area contributed by atoms with E-state index in [1.807, 2.05) is 24.3 Å². The summed E-state index contributed by atoms with van der Waals surface area (Å²) in [5.41, 5.74) is 0.827. The molecule has 1 fully saturated rings. The van der Waals surface area contributed by atoms with Gasteiger partial charge in [0.2, 0.25) is 0 Å². The molecule has 4 nitrogen and oxygen atoms in total. The van der Waals surface area contributed by atoms with Gasteiger partial charge in [0, 0.05) is 23.7 Å². The van der Waals surface area contributed by atoms with Crippen molar-refractivity contribution in [2.45, 2.75) is 44.4 Å². The highest BCUT2D eigenvalue weighted by Gasteiger charge is 2.21. The van der Waals surface area contributed by atoms with Crippen molar-refractivity contribution in [3.63, 3.8) is 0 Å². The summed E-state index contributed by atoms with van der Waals surface area (Å²) in [7, 11) is 0. The van der Waals surface area contributed by atoms with Gasteiger partial charge in [0.25, 0.3) is 0 Å². The van der Waals surface area contributed by atoms with Crippen molar-refractivity contribution in [1.82, 2.24) is 5.32 Å². The molecule has 0 saturated carbocycles. The number of nitrogens with one attached hydrogen (secondary N) is 1. The molecule has 0 spiro atoms. The number of hydrogen-bond donors (Lipinski definition) is 2. The number of rotatable bonds is 8. The van der Waals surface area contributed by atoms with Crippen molar-refractivity contribution in [3.8, 4) is 0 Å². The van der Waals surface area contributed by atoms with E-state index in [1.54, 1.807) is 0 Å². The molecule has 2 rings (SSSR count). The number of halogens is 1. The molecular formula is C17H26ClNO3. The van der Waals surface area contributed by atoms with Crippen molar-refractivity contribution in [3.05, 3.63) is 34.9 Å². The third-order valence-corrected chi connectivity index (χ3v) is 4.20. The van der Waals surface area contributed by atoms with Crippen molar-refractivity contribution in [1.29, 1.82) is 0 Å². The molecule has 1 aromatic carbocycles. The van der Waals surface area contributed by atoms with Gasteiger partial charge in [-0.3, -0.25) is 0 Å². The molecule has 5 heteroatoms. The lowest BCUT2D eigenvalue weighted by molar-refractivity contribution is -0.0177. The van der Waals surface area contributed by atoms with Crippen LogP contribution in [-0.2, 0) is 15.0 Å². The van der Waals surface area contributed by atoms with Gasteiger partial charge in [-0.15, -0.1) is 0 Å². The van der Waals surface area contributed by atoms with Gasteiger partial charge in [-0.2, -0.15) is 0 Å². The maximum absolute atomic E-state index is 10.0. The maximum atomic E-state index is 10.0. The Morgan fingerprint density at radius 2 is 2.32 bits per heavy atom. The molecule has 2 atom stereocenters. The molecule has 1 aromatic rings. The monoisotopic (exact) mass is 327 g/mol. The summed E-state index contributed by atoms with van der Waals surface area (Å²) in [6.07, 6.45) is 1.81. The largest absolute Gasteiger partial charge is 0.389 e. The van der Waals surface area contributed by atoms with E-state index in [0.717, 1.165) is 25.0 Å². The second-order valence-electron chi connectivity index (χ2n) is 6.34. The number of benzene rings is 1. The molecule has 0 bridgehead atoms. The Labute approximate surface area is 137 Å². The Kier molecular flexibility index (Phi) is 6.66. The number of hydrogen-bond acceptors (Lipinski definition) is 4. The minimum absolute atomic E-state index is 0.197. The van der Waals surface area contributed by atoms with Crippen molar-refractivity contribution in [2.24, 2.45) is 0 Å². The molecule has 0 amide bonds. The van der Waals surface area contributed by atoms with Crippen LogP contribution in [0.3, 0.4) is 0 Å². The molecule has 1 aliphatic heterocycles. The highest BCUT2D eigenvalue weighted by atomic mass is 35.5. The SMILES string of the molecule is CC(C)(NCC(O)COCC1CCCO1)c1cccc(Cl)c1. The Hall–Kier alpha value is -0.650. The highest BCUT2D eigenvalue weighted by Crippen LogP contribution is 2.22. The fraction of sp³-hybridized carbons (Fsp3) is 0.647. The first-order valence-corrected chi connectivity index (χ1v) is 8.23. The zero-order valence-corrected chi connectivity index (χ0v) is 14.1. The minimum Gasteiger partial charge on any atom is -0.389 e. The van der Waals surface area contributed by atoms with E-state index in [2.05, 4.69) is 19.2 Å². The van der Waals surface area contributed by atoms with Gasteiger partial charge in [-0.05, 0) is 44.4 Å². The molecule has 124 valence electrons. The van der Waals surface area contributed by atoms with Crippen LogP contribution in [0.5, 0.6) is 0 Å². The highest BCUT2D eigenvalue weighted by molar-refractivity contribution is 6.30. The molecule has 1 aliphatic rings. The van der Waals surface area contributed by atoms with E-state index in [4.69, 9.17) is 21.1 Å². The lowest BCUT2D eigenvalue weighted by Crippen LogP contribution is -2.42. The summed E-state index contributed by atoms with van der Waals surface area (Å²) in [4.78, 5) is 0. The van der Waals surface area contributed by atoms with Crippen molar-refractivity contribution >= 4 is 11.6 Å². The number of ether oxygens (including phenoxy) is 2. The van der Waals surface area contributed by atoms with E-state index < -0.39 is 6.10 Å². The summed E-state index contributed by atoms with van der Waals surface area (Å²) in [6, 6.07) is 7.76. The van der Waals surface area contributed by atoms with Crippen LogP contribution in [0, 0.1) is 0 Å². The van der Waals surface area contributed by atoms with Gasteiger partial charge < -0.3 is 19.9 Å². The van der Waals surface area contributed by atoms with E-state index in [1.165, 1.54) is 0 Å². The summed E-state index contributed by atoms with van der Waals surface area (Å²) in [5.74, 6) is 0. The predicted octanol–water partition coefficient (Wildman–Crippen LogP) is 2.72. The van der Waals surface area contributed by atoms with Crippen molar-refractivity contribution in [2.75, 3.05) is 26.4 Å². The summed E-state index contributed by atoms with van der Waals surface area (Å²) >= 11 is 6.04. The van der Waals surface area contributed by atoms with Gasteiger partial charge in [0.05, 0.1) is 25.4 Å². The quantitative estimate of drug-likeness (QED) is 0.771. The normalized spacial score (nSPS) is 20.3. The average molecular weight is 328 g/mol. The Morgan fingerprint density at radius 1 is 1.50 bits per heavy atom. The first kappa shape index (κ1) is 17.7. The topological polar surface area (TPSA) is 50.7 Å². The second-order valence-corrected chi connectivity index (χ2v) is 6.78. The van der Waals surface area contributed by atoms with Crippen LogP contribution >= 0.6 is 11.6 Å². The van der Waals surface area contributed by atoms with E-state index in [9.17, 15) is 5.11 Å². The van der Waals surface area contributed by atoms with Crippen LogP contribution in [0.25, 0.3) is 0 Å². The Bertz CT molecular complexity index is 461. The van der Waals surface area contributed by atoms with Crippen molar-refractivity contribution < 1.29 is 14.6 Å².